The molecule has 0 aliphatic carbocycles. The van der Waals surface area contributed by atoms with Gasteiger partial charge in [0.25, 0.3) is 0 Å². The van der Waals surface area contributed by atoms with Crippen LogP contribution < -0.4 is 0 Å². The first-order chi connectivity index (χ1) is 9.97. The summed E-state index contributed by atoms with van der Waals surface area (Å²) in [5, 5.41) is 9.14. The summed E-state index contributed by atoms with van der Waals surface area (Å²) in [4.78, 5) is 17.6. The van der Waals surface area contributed by atoms with Crippen molar-refractivity contribution >= 4 is 7.82 Å². The Morgan fingerprint density at radius 3 is 1.86 bits per heavy atom. The highest BCUT2D eigenvalue weighted by atomic mass is 31.2. The summed E-state index contributed by atoms with van der Waals surface area (Å²) >= 11 is 0. The van der Waals surface area contributed by atoms with Crippen LogP contribution in [-0.4, -0.2) is 40.3 Å². The lowest BCUT2D eigenvalue weighted by atomic mass is 9.88. The highest BCUT2D eigenvalue weighted by Crippen LogP contribution is 2.42. The number of phosphoric acid groups is 1. The molecular weight excluding hydrogens is 307 g/mol. The lowest BCUT2D eigenvalue weighted by Gasteiger charge is -2.25. The van der Waals surface area contributed by atoms with E-state index < -0.39 is 13.4 Å². The van der Waals surface area contributed by atoms with Gasteiger partial charge in [-0.3, -0.25) is 4.52 Å². The Kier molecular flexibility index (Phi) is 10.0. The van der Waals surface area contributed by atoms with E-state index in [4.69, 9.17) is 24.2 Å². The lowest BCUT2D eigenvalue weighted by Crippen LogP contribution is -2.22. The van der Waals surface area contributed by atoms with E-state index in [0.717, 1.165) is 32.1 Å². The van der Waals surface area contributed by atoms with Crippen LogP contribution in [0.2, 0.25) is 0 Å². The molecule has 0 heterocycles. The first-order valence-corrected chi connectivity index (χ1v) is 9.45. The van der Waals surface area contributed by atoms with E-state index in [0.29, 0.717) is 19.6 Å². The molecule has 0 aliphatic heterocycles. The first kappa shape index (κ1) is 22.0. The van der Waals surface area contributed by atoms with Crippen LogP contribution in [0.4, 0.5) is 0 Å². The van der Waals surface area contributed by atoms with Gasteiger partial charge in [-0.1, -0.05) is 20.3 Å². The molecule has 3 N–H and O–H groups in total. The maximum absolute atomic E-state index is 10.8. The van der Waals surface area contributed by atoms with Gasteiger partial charge < -0.3 is 19.6 Å². The smallest absolute Gasteiger partial charge is 0.396 e. The number of aliphatic hydroxyl groups is 1. The van der Waals surface area contributed by atoms with Crippen molar-refractivity contribution in [1.29, 1.82) is 0 Å². The molecular formula is C15H33O6P. The summed E-state index contributed by atoms with van der Waals surface area (Å²) in [6, 6.07) is 0. The highest BCUT2D eigenvalue weighted by Gasteiger charge is 2.28. The number of aliphatic hydroxyl groups excluding tert-OH is 1. The van der Waals surface area contributed by atoms with Crippen molar-refractivity contribution in [1.82, 2.24) is 0 Å². The number of rotatable bonds is 13. The summed E-state index contributed by atoms with van der Waals surface area (Å²) in [6.45, 7) is 9.02. The molecule has 0 aromatic carbocycles. The van der Waals surface area contributed by atoms with Crippen LogP contribution in [0, 0.1) is 5.41 Å². The van der Waals surface area contributed by atoms with Crippen molar-refractivity contribution in [3.05, 3.63) is 0 Å². The standard InChI is InChI=1S/C15H33O6P/c1-14(2,13-16)9-5-7-11-20-12-8-6-10-15(3,4)21-22(17,18)19/h16H,5-13H2,1-4H3,(H2,17,18,19). The fourth-order valence-electron chi connectivity index (χ4n) is 2.11. The van der Waals surface area contributed by atoms with Gasteiger partial charge in [0, 0.05) is 19.8 Å². The molecule has 0 aromatic heterocycles. The molecule has 0 spiro atoms. The van der Waals surface area contributed by atoms with Gasteiger partial charge in [0.1, 0.15) is 0 Å². The van der Waals surface area contributed by atoms with Crippen molar-refractivity contribution in [2.75, 3.05) is 19.8 Å². The molecule has 0 saturated carbocycles. The van der Waals surface area contributed by atoms with E-state index in [1.807, 2.05) is 0 Å². The summed E-state index contributed by atoms with van der Waals surface area (Å²) in [5.74, 6) is 0. The molecule has 0 aromatic rings. The molecule has 22 heavy (non-hydrogen) atoms. The van der Waals surface area contributed by atoms with Crippen molar-refractivity contribution in [3.8, 4) is 0 Å². The minimum absolute atomic E-state index is 0.00949. The Labute approximate surface area is 134 Å². The second kappa shape index (κ2) is 10.0. The van der Waals surface area contributed by atoms with Gasteiger partial charge in [0.2, 0.25) is 0 Å². The molecule has 0 saturated heterocycles. The number of hydrogen-bond acceptors (Lipinski definition) is 4. The van der Waals surface area contributed by atoms with E-state index in [9.17, 15) is 4.57 Å². The predicted molar refractivity (Wildman–Crippen MR) is 86.6 cm³/mol. The van der Waals surface area contributed by atoms with Crippen LogP contribution in [0.1, 0.15) is 66.2 Å². The lowest BCUT2D eigenvalue weighted by molar-refractivity contribution is 0.0521. The maximum Gasteiger partial charge on any atom is 0.470 e. The van der Waals surface area contributed by atoms with E-state index in [1.165, 1.54) is 0 Å². The molecule has 0 unspecified atom stereocenters. The van der Waals surface area contributed by atoms with E-state index in [-0.39, 0.29) is 12.0 Å². The Bertz CT molecular complexity index is 337. The number of ether oxygens (including phenoxy) is 1. The Hall–Kier alpha value is 0.0300. The molecule has 0 aliphatic rings. The monoisotopic (exact) mass is 340 g/mol. The van der Waals surface area contributed by atoms with E-state index >= 15 is 0 Å². The van der Waals surface area contributed by atoms with Crippen molar-refractivity contribution in [2.45, 2.75) is 71.8 Å². The Balaban J connectivity index is 3.53. The molecule has 0 rings (SSSR count). The van der Waals surface area contributed by atoms with Crippen molar-refractivity contribution in [3.63, 3.8) is 0 Å². The topological polar surface area (TPSA) is 96.2 Å². The zero-order valence-electron chi connectivity index (χ0n) is 14.4. The minimum atomic E-state index is -4.43. The first-order valence-electron chi connectivity index (χ1n) is 7.92. The van der Waals surface area contributed by atoms with Crippen LogP contribution in [0.5, 0.6) is 0 Å². The van der Waals surface area contributed by atoms with Crippen molar-refractivity contribution in [2.24, 2.45) is 5.41 Å². The zero-order chi connectivity index (χ0) is 17.3. The third-order valence-electron chi connectivity index (χ3n) is 3.50. The molecule has 7 heteroatoms. The number of hydrogen-bond donors (Lipinski definition) is 3. The molecule has 0 bridgehead atoms. The van der Waals surface area contributed by atoms with Gasteiger partial charge in [-0.05, 0) is 51.4 Å². The van der Waals surface area contributed by atoms with E-state index in [2.05, 4.69) is 13.8 Å². The third-order valence-corrected chi connectivity index (χ3v) is 4.24. The normalized spacial score (nSPS) is 13.6. The molecule has 0 amide bonds. The summed E-state index contributed by atoms with van der Waals surface area (Å²) < 4.78 is 21.1. The molecule has 6 nitrogen and oxygen atoms in total. The largest absolute Gasteiger partial charge is 0.470 e. The fourth-order valence-corrected chi connectivity index (χ4v) is 2.85. The predicted octanol–water partition coefficient (Wildman–Crippen LogP) is 3.25. The molecule has 0 fully saturated rings. The van der Waals surface area contributed by atoms with Crippen molar-refractivity contribution < 1.29 is 28.7 Å². The molecule has 0 atom stereocenters. The van der Waals surface area contributed by atoms with Gasteiger partial charge in [-0.15, -0.1) is 0 Å². The summed E-state index contributed by atoms with van der Waals surface area (Å²) in [6.07, 6.45) is 5.22. The summed E-state index contributed by atoms with van der Waals surface area (Å²) in [7, 11) is -4.43. The highest BCUT2D eigenvalue weighted by molar-refractivity contribution is 7.46. The average Bonchev–Trinajstić information content (AvgIpc) is 2.33. The van der Waals surface area contributed by atoms with Gasteiger partial charge in [0.15, 0.2) is 0 Å². The van der Waals surface area contributed by atoms with Crippen LogP contribution >= 0.6 is 7.82 Å². The van der Waals surface area contributed by atoms with Crippen LogP contribution in [-0.2, 0) is 13.8 Å². The SMILES string of the molecule is CC(C)(CO)CCCCOCCCCC(C)(C)OP(=O)(O)O. The third kappa shape index (κ3) is 13.7. The van der Waals surface area contributed by atoms with E-state index in [1.54, 1.807) is 13.8 Å². The average molecular weight is 340 g/mol. The number of unbranched alkanes of at least 4 members (excludes halogenated alkanes) is 2. The molecule has 134 valence electrons. The van der Waals surface area contributed by atoms with Crippen LogP contribution in [0.25, 0.3) is 0 Å². The Morgan fingerprint density at radius 1 is 0.909 bits per heavy atom. The van der Waals surface area contributed by atoms with Gasteiger partial charge in [-0.2, -0.15) is 0 Å². The quantitative estimate of drug-likeness (QED) is 0.352. The zero-order valence-corrected chi connectivity index (χ0v) is 15.3. The van der Waals surface area contributed by atoms with Gasteiger partial charge >= 0.3 is 7.82 Å². The van der Waals surface area contributed by atoms with Crippen LogP contribution in [0.3, 0.4) is 0 Å². The summed E-state index contributed by atoms with van der Waals surface area (Å²) in [5.41, 5.74) is -0.834. The second-order valence-electron chi connectivity index (χ2n) is 7.19. The maximum atomic E-state index is 10.8. The number of phosphoric ester groups is 1. The second-order valence-corrected chi connectivity index (χ2v) is 8.35. The molecule has 0 radical (unpaired) electrons. The minimum Gasteiger partial charge on any atom is -0.396 e. The fraction of sp³-hybridized carbons (Fsp3) is 1.00. The van der Waals surface area contributed by atoms with Gasteiger partial charge in [0.05, 0.1) is 5.60 Å². The van der Waals surface area contributed by atoms with Crippen LogP contribution in [0.15, 0.2) is 0 Å². The Morgan fingerprint density at radius 2 is 1.41 bits per heavy atom. The van der Waals surface area contributed by atoms with Gasteiger partial charge in [-0.25, -0.2) is 4.57 Å².